The molecule has 2 N–H and O–H groups in total. The number of methoxy groups -OCH3 is 1. The molecule has 1 aromatic heterocycles. The van der Waals surface area contributed by atoms with E-state index in [-0.39, 0.29) is 5.76 Å². The van der Waals surface area contributed by atoms with Gasteiger partial charge in [0.25, 0.3) is 0 Å². The lowest BCUT2D eigenvalue weighted by atomic mass is 10.2. The molecule has 0 saturated heterocycles. The van der Waals surface area contributed by atoms with Gasteiger partial charge in [0.05, 0.1) is 12.9 Å². The molecular formula is C13H17NO6S. The maximum Gasteiger partial charge on any atom is 0.374 e. The lowest BCUT2D eigenvalue weighted by molar-refractivity contribution is -0.140. The number of nitrogens with one attached hydrogen (secondary N) is 1. The highest BCUT2D eigenvalue weighted by Crippen LogP contribution is 2.20. The molecule has 1 unspecified atom stereocenters. The molecule has 0 spiro atoms. The normalized spacial score (nSPS) is 11.7. The Bertz CT molecular complexity index is 513. The quantitative estimate of drug-likeness (QED) is 0.400. The van der Waals surface area contributed by atoms with Crippen LogP contribution in [-0.2, 0) is 20.1 Å². The first-order valence-electron chi connectivity index (χ1n) is 6.17. The van der Waals surface area contributed by atoms with E-state index in [1.54, 1.807) is 13.0 Å². The molecule has 1 heterocycles. The van der Waals surface area contributed by atoms with Gasteiger partial charge >= 0.3 is 11.9 Å². The van der Waals surface area contributed by atoms with E-state index in [4.69, 9.17) is 9.52 Å². The van der Waals surface area contributed by atoms with Crippen LogP contribution in [0.25, 0.3) is 0 Å². The van der Waals surface area contributed by atoms with Gasteiger partial charge in [0.2, 0.25) is 12.2 Å². The number of carbonyl (C=O) groups is 3. The van der Waals surface area contributed by atoms with E-state index in [1.165, 1.54) is 18.9 Å². The molecule has 0 aliphatic carbocycles. The molecule has 0 fully saturated rings. The number of ether oxygens (including phenoxy) is 1. The van der Waals surface area contributed by atoms with Crippen molar-refractivity contribution in [1.29, 1.82) is 0 Å². The van der Waals surface area contributed by atoms with Crippen LogP contribution in [0.5, 0.6) is 0 Å². The van der Waals surface area contributed by atoms with Crippen LogP contribution >= 0.6 is 11.8 Å². The first-order valence-corrected chi connectivity index (χ1v) is 7.33. The van der Waals surface area contributed by atoms with Gasteiger partial charge in [0.1, 0.15) is 11.8 Å². The molecule has 0 aliphatic heterocycles. The second kappa shape index (κ2) is 8.35. The van der Waals surface area contributed by atoms with E-state index in [1.807, 2.05) is 0 Å². The highest BCUT2D eigenvalue weighted by atomic mass is 32.2. The van der Waals surface area contributed by atoms with Gasteiger partial charge in [-0.3, -0.25) is 4.79 Å². The van der Waals surface area contributed by atoms with Gasteiger partial charge in [-0.05, 0) is 25.2 Å². The molecule has 7 nitrogen and oxygen atoms in total. The molecular weight excluding hydrogens is 298 g/mol. The summed E-state index contributed by atoms with van der Waals surface area (Å²) in [6.07, 6.45) is 0.685. The maximum absolute atomic E-state index is 11.4. The molecule has 0 saturated carbocycles. The van der Waals surface area contributed by atoms with Crippen LogP contribution in [0.4, 0.5) is 0 Å². The van der Waals surface area contributed by atoms with Crippen LogP contribution in [0.15, 0.2) is 10.5 Å². The number of aryl methyl sites for hydroxylation is 1. The Morgan fingerprint density at radius 2 is 2.29 bits per heavy atom. The minimum absolute atomic E-state index is 0.180. The molecule has 0 aromatic carbocycles. The standard InChI is InChI=1S/C13H17NO6S/c1-8-5-9(20-11(8)13(18)19-2)6-21-4-3-10(12(16)17)14-7-15/h5,7,10H,3-4,6H2,1-2H3,(H,14,15)(H,16,17). The third-order valence-corrected chi connectivity index (χ3v) is 3.72. The average molecular weight is 315 g/mol. The van der Waals surface area contributed by atoms with E-state index in [2.05, 4.69) is 10.1 Å². The number of thioether (sulfide) groups is 1. The van der Waals surface area contributed by atoms with Crippen molar-refractivity contribution in [3.8, 4) is 0 Å². The third kappa shape index (κ3) is 5.14. The van der Waals surface area contributed by atoms with Gasteiger partial charge in [-0.2, -0.15) is 11.8 Å². The topological polar surface area (TPSA) is 106 Å². The summed E-state index contributed by atoms with van der Waals surface area (Å²) in [4.78, 5) is 32.5. The molecule has 1 amide bonds. The van der Waals surface area contributed by atoms with E-state index in [9.17, 15) is 14.4 Å². The fraction of sp³-hybridized carbons (Fsp3) is 0.462. The molecule has 1 aromatic rings. The number of esters is 1. The molecule has 21 heavy (non-hydrogen) atoms. The predicted octanol–water partition coefficient (Wildman–Crippen LogP) is 1.20. The van der Waals surface area contributed by atoms with Crippen molar-refractivity contribution in [3.63, 3.8) is 0 Å². The summed E-state index contributed by atoms with van der Waals surface area (Å²) < 4.78 is 9.98. The number of furan rings is 1. The van der Waals surface area contributed by atoms with Crippen molar-refractivity contribution < 1.29 is 28.6 Å². The van der Waals surface area contributed by atoms with Crippen LogP contribution in [0.1, 0.15) is 28.3 Å². The monoisotopic (exact) mass is 315 g/mol. The summed E-state index contributed by atoms with van der Waals surface area (Å²) in [5.41, 5.74) is 0.698. The fourth-order valence-electron chi connectivity index (χ4n) is 1.65. The second-order valence-corrected chi connectivity index (χ2v) is 5.34. The van der Waals surface area contributed by atoms with Gasteiger partial charge < -0.3 is 19.6 Å². The number of carbonyl (C=O) groups excluding carboxylic acids is 2. The number of rotatable bonds is 9. The Morgan fingerprint density at radius 1 is 1.57 bits per heavy atom. The molecule has 116 valence electrons. The van der Waals surface area contributed by atoms with Gasteiger partial charge in [-0.1, -0.05) is 0 Å². The second-order valence-electron chi connectivity index (χ2n) is 4.23. The Balaban J connectivity index is 2.44. The van der Waals surface area contributed by atoms with Crippen LogP contribution in [-0.4, -0.2) is 42.4 Å². The summed E-state index contributed by atoms with van der Waals surface area (Å²) >= 11 is 1.45. The molecule has 0 aliphatic rings. The summed E-state index contributed by atoms with van der Waals surface area (Å²) in [7, 11) is 1.28. The molecule has 8 heteroatoms. The summed E-state index contributed by atoms with van der Waals surface area (Å²) in [5, 5.41) is 11.1. The molecule has 0 bridgehead atoms. The molecule has 1 atom stereocenters. The Labute approximate surface area is 126 Å². The molecule has 0 radical (unpaired) electrons. The van der Waals surface area contributed by atoms with Crippen molar-refractivity contribution in [3.05, 3.63) is 23.2 Å². The zero-order chi connectivity index (χ0) is 15.8. The first kappa shape index (κ1) is 17.1. The van der Waals surface area contributed by atoms with Crippen molar-refractivity contribution in [1.82, 2.24) is 5.32 Å². The maximum atomic E-state index is 11.4. The van der Waals surface area contributed by atoms with Gasteiger partial charge in [-0.25, -0.2) is 9.59 Å². The van der Waals surface area contributed by atoms with Crippen LogP contribution in [0, 0.1) is 6.92 Å². The largest absolute Gasteiger partial charge is 0.480 e. The van der Waals surface area contributed by atoms with Gasteiger partial charge in [0, 0.05) is 5.56 Å². The van der Waals surface area contributed by atoms with E-state index in [0.29, 0.717) is 35.7 Å². The number of hydrogen-bond acceptors (Lipinski definition) is 6. The Morgan fingerprint density at radius 3 is 2.86 bits per heavy atom. The number of aliphatic carboxylic acids is 1. The zero-order valence-electron chi connectivity index (χ0n) is 11.8. The van der Waals surface area contributed by atoms with Crippen LogP contribution in [0.3, 0.4) is 0 Å². The lowest BCUT2D eigenvalue weighted by Gasteiger charge is -2.09. The predicted molar refractivity (Wildman–Crippen MR) is 76.2 cm³/mol. The highest BCUT2D eigenvalue weighted by molar-refractivity contribution is 7.98. The third-order valence-electron chi connectivity index (χ3n) is 2.70. The first-order chi connectivity index (χ1) is 9.99. The van der Waals surface area contributed by atoms with Gasteiger partial charge in [0.15, 0.2) is 0 Å². The Kier molecular flexibility index (Phi) is 6.80. The fourth-order valence-corrected chi connectivity index (χ4v) is 2.54. The zero-order valence-corrected chi connectivity index (χ0v) is 12.6. The van der Waals surface area contributed by atoms with E-state index >= 15 is 0 Å². The highest BCUT2D eigenvalue weighted by Gasteiger charge is 2.17. The van der Waals surface area contributed by atoms with Crippen molar-refractivity contribution >= 4 is 30.1 Å². The van der Waals surface area contributed by atoms with Crippen LogP contribution in [0.2, 0.25) is 0 Å². The summed E-state index contributed by atoms with van der Waals surface area (Å²) in [6.45, 7) is 1.75. The number of amides is 1. The lowest BCUT2D eigenvalue weighted by Crippen LogP contribution is -2.36. The minimum atomic E-state index is -1.07. The number of hydrogen-bond donors (Lipinski definition) is 2. The SMILES string of the molecule is COC(=O)c1oc(CSCCC(NC=O)C(=O)O)cc1C. The number of carboxylic acid groups (broad SMARTS) is 1. The van der Waals surface area contributed by atoms with Crippen molar-refractivity contribution in [2.24, 2.45) is 0 Å². The van der Waals surface area contributed by atoms with Crippen molar-refractivity contribution in [2.45, 2.75) is 25.1 Å². The van der Waals surface area contributed by atoms with E-state index in [0.717, 1.165) is 0 Å². The summed E-state index contributed by atoms with van der Waals surface area (Å²) in [6, 6.07) is 0.858. The van der Waals surface area contributed by atoms with E-state index < -0.39 is 18.0 Å². The average Bonchev–Trinajstić information content (AvgIpc) is 2.82. The van der Waals surface area contributed by atoms with Crippen LogP contribution < -0.4 is 5.32 Å². The molecule has 1 rings (SSSR count). The summed E-state index contributed by atoms with van der Waals surface area (Å²) in [5.74, 6) is 0.248. The minimum Gasteiger partial charge on any atom is -0.480 e. The van der Waals surface area contributed by atoms with Gasteiger partial charge in [-0.15, -0.1) is 0 Å². The smallest absolute Gasteiger partial charge is 0.374 e. The van der Waals surface area contributed by atoms with Crippen molar-refractivity contribution in [2.75, 3.05) is 12.9 Å². The Hall–Kier alpha value is -1.96. The number of carboxylic acids is 1.